The van der Waals surface area contributed by atoms with E-state index in [2.05, 4.69) is 54.9 Å². The SMILES string of the molecule is C=C1[C@H](O)CC[C@H]2[C@](C)(CC/C(C)=C/Cn3c[n+](C)c4ncnc(N)c43)[C@@H](C)CC[C@@]12C. The van der Waals surface area contributed by atoms with Crippen LogP contribution in [0.2, 0.25) is 0 Å². The van der Waals surface area contributed by atoms with Crippen LogP contribution in [-0.4, -0.2) is 25.7 Å². The number of fused-ring (bicyclic) bond motifs is 2. The van der Waals surface area contributed by atoms with E-state index >= 15 is 0 Å². The van der Waals surface area contributed by atoms with E-state index in [0.29, 0.717) is 17.7 Å². The lowest BCUT2D eigenvalue weighted by Crippen LogP contribution is -2.52. The van der Waals surface area contributed by atoms with Crippen molar-refractivity contribution in [1.82, 2.24) is 14.5 Å². The molecule has 2 fully saturated rings. The molecule has 0 bridgehead atoms. The van der Waals surface area contributed by atoms with Crippen molar-refractivity contribution in [2.24, 2.45) is 29.7 Å². The molecule has 2 aromatic rings. The summed E-state index contributed by atoms with van der Waals surface area (Å²) in [5.41, 5.74) is 10.7. The first-order valence-corrected chi connectivity index (χ1v) is 12.1. The zero-order valence-electron chi connectivity index (χ0n) is 20.4. The second-order valence-electron chi connectivity index (χ2n) is 10.9. The summed E-state index contributed by atoms with van der Waals surface area (Å²) in [6.45, 7) is 14.6. The van der Waals surface area contributed by atoms with Crippen LogP contribution in [0.5, 0.6) is 0 Å². The van der Waals surface area contributed by atoms with E-state index in [1.807, 2.05) is 17.9 Å². The second-order valence-corrected chi connectivity index (χ2v) is 10.9. The van der Waals surface area contributed by atoms with Gasteiger partial charge in [0.15, 0.2) is 18.5 Å². The van der Waals surface area contributed by atoms with Gasteiger partial charge in [-0.3, -0.25) is 4.57 Å². The van der Waals surface area contributed by atoms with Crippen LogP contribution in [0.4, 0.5) is 5.82 Å². The molecule has 0 spiro atoms. The van der Waals surface area contributed by atoms with Crippen LogP contribution >= 0.6 is 0 Å². The van der Waals surface area contributed by atoms with Crippen LogP contribution in [0.3, 0.4) is 0 Å². The van der Waals surface area contributed by atoms with Crippen molar-refractivity contribution >= 4 is 17.0 Å². The van der Waals surface area contributed by atoms with Gasteiger partial charge in [0.2, 0.25) is 5.52 Å². The van der Waals surface area contributed by atoms with Gasteiger partial charge in [-0.1, -0.05) is 44.0 Å². The Labute approximate surface area is 192 Å². The van der Waals surface area contributed by atoms with E-state index in [-0.39, 0.29) is 16.9 Å². The fraction of sp³-hybridized carbons (Fsp3) is 0.654. The highest BCUT2D eigenvalue weighted by Gasteiger charge is 2.55. The molecule has 0 aliphatic heterocycles. The lowest BCUT2D eigenvalue weighted by Gasteiger charge is -2.59. The number of hydrogen-bond donors (Lipinski definition) is 2. The molecule has 2 heterocycles. The molecule has 0 amide bonds. The van der Waals surface area contributed by atoms with Crippen molar-refractivity contribution in [2.45, 2.75) is 78.9 Å². The molecule has 0 aromatic carbocycles. The van der Waals surface area contributed by atoms with Gasteiger partial charge < -0.3 is 10.8 Å². The molecule has 5 atom stereocenters. The average molecular weight is 439 g/mol. The highest BCUT2D eigenvalue weighted by atomic mass is 16.3. The third-order valence-corrected chi connectivity index (χ3v) is 9.11. The number of nitrogens with two attached hydrogens (primary N) is 1. The molecule has 0 unspecified atom stereocenters. The maximum atomic E-state index is 10.5. The van der Waals surface area contributed by atoms with Gasteiger partial charge in [0.25, 0.3) is 0 Å². The van der Waals surface area contributed by atoms with E-state index in [4.69, 9.17) is 5.73 Å². The Kier molecular flexibility index (Phi) is 5.95. The maximum Gasteiger partial charge on any atom is 0.307 e. The molecule has 6 nitrogen and oxygen atoms in total. The van der Waals surface area contributed by atoms with Crippen molar-refractivity contribution in [1.29, 1.82) is 0 Å². The van der Waals surface area contributed by atoms with Crippen LogP contribution in [0, 0.1) is 22.7 Å². The molecule has 6 heteroatoms. The predicted molar refractivity (Wildman–Crippen MR) is 129 cm³/mol. The van der Waals surface area contributed by atoms with Crippen LogP contribution in [0.15, 0.2) is 36.5 Å². The van der Waals surface area contributed by atoms with Gasteiger partial charge in [-0.2, -0.15) is 4.98 Å². The number of imidazole rings is 1. The van der Waals surface area contributed by atoms with Crippen molar-refractivity contribution < 1.29 is 9.67 Å². The number of aliphatic hydroxyl groups is 1. The van der Waals surface area contributed by atoms with Crippen LogP contribution in [0.1, 0.15) is 66.2 Å². The third-order valence-electron chi connectivity index (χ3n) is 9.11. The molecule has 32 heavy (non-hydrogen) atoms. The average Bonchev–Trinajstić information content (AvgIpc) is 3.09. The molecule has 2 aliphatic rings. The first kappa shape index (κ1) is 23.0. The Hall–Kier alpha value is -2.21. The van der Waals surface area contributed by atoms with Crippen molar-refractivity contribution in [2.75, 3.05) is 5.73 Å². The van der Waals surface area contributed by atoms with Gasteiger partial charge in [0, 0.05) is 0 Å². The number of allylic oxidation sites excluding steroid dienone is 2. The minimum atomic E-state index is -0.329. The van der Waals surface area contributed by atoms with Gasteiger partial charge >= 0.3 is 5.65 Å². The smallest absolute Gasteiger partial charge is 0.307 e. The van der Waals surface area contributed by atoms with Crippen molar-refractivity contribution in [3.05, 3.63) is 36.5 Å². The van der Waals surface area contributed by atoms with E-state index in [9.17, 15) is 5.11 Å². The summed E-state index contributed by atoms with van der Waals surface area (Å²) in [4.78, 5) is 8.53. The highest BCUT2D eigenvalue weighted by molar-refractivity contribution is 5.79. The molecule has 3 N–H and O–H groups in total. The fourth-order valence-corrected chi connectivity index (χ4v) is 6.62. The third kappa shape index (κ3) is 3.66. The van der Waals surface area contributed by atoms with Gasteiger partial charge in [-0.25, -0.2) is 4.57 Å². The van der Waals surface area contributed by atoms with E-state index in [1.54, 1.807) is 0 Å². The summed E-state index contributed by atoms with van der Waals surface area (Å²) in [7, 11) is 1.99. The van der Waals surface area contributed by atoms with E-state index in [1.165, 1.54) is 24.7 Å². The molecule has 0 radical (unpaired) electrons. The maximum absolute atomic E-state index is 10.5. The Bertz CT molecular complexity index is 1060. The Morgan fingerprint density at radius 1 is 1.34 bits per heavy atom. The van der Waals surface area contributed by atoms with Crippen molar-refractivity contribution in [3.63, 3.8) is 0 Å². The predicted octanol–water partition coefficient (Wildman–Crippen LogP) is 4.33. The molecule has 2 aliphatic carbocycles. The quantitative estimate of drug-likeness (QED) is 0.538. The first-order chi connectivity index (χ1) is 15.1. The Morgan fingerprint density at radius 2 is 2.09 bits per heavy atom. The molecule has 174 valence electrons. The van der Waals surface area contributed by atoms with E-state index < -0.39 is 0 Å². The zero-order chi connectivity index (χ0) is 23.3. The molecule has 2 saturated carbocycles. The van der Waals surface area contributed by atoms with Crippen molar-refractivity contribution in [3.8, 4) is 0 Å². The summed E-state index contributed by atoms with van der Waals surface area (Å²) in [5.74, 6) is 1.79. The van der Waals surface area contributed by atoms with Crippen LogP contribution in [-0.2, 0) is 13.6 Å². The molecular formula is C26H40N5O+. The van der Waals surface area contributed by atoms with E-state index in [0.717, 1.165) is 49.0 Å². The summed E-state index contributed by atoms with van der Waals surface area (Å²) >= 11 is 0. The first-order valence-electron chi connectivity index (χ1n) is 12.1. The summed E-state index contributed by atoms with van der Waals surface area (Å²) in [6.07, 6.45) is 12.1. The summed E-state index contributed by atoms with van der Waals surface area (Å²) in [6, 6.07) is 0. The number of nitrogens with zero attached hydrogens (tertiary/aromatic N) is 4. The zero-order valence-corrected chi connectivity index (χ0v) is 20.4. The van der Waals surface area contributed by atoms with Gasteiger partial charge in [0.1, 0.15) is 0 Å². The monoisotopic (exact) mass is 438 g/mol. The largest absolute Gasteiger partial charge is 0.389 e. The number of aryl methyl sites for hydroxylation is 1. The number of hydrogen-bond acceptors (Lipinski definition) is 4. The number of aromatic nitrogens is 4. The number of aliphatic hydroxyl groups excluding tert-OH is 1. The van der Waals surface area contributed by atoms with Crippen LogP contribution in [0.25, 0.3) is 11.2 Å². The topological polar surface area (TPSA) is 80.8 Å². The summed E-state index contributed by atoms with van der Waals surface area (Å²) in [5, 5.41) is 10.5. The van der Waals surface area contributed by atoms with Gasteiger partial charge in [-0.15, -0.1) is 0 Å². The molecule has 4 rings (SSSR count). The molecule has 0 saturated heterocycles. The second kappa shape index (κ2) is 8.29. The lowest BCUT2D eigenvalue weighted by atomic mass is 9.46. The summed E-state index contributed by atoms with van der Waals surface area (Å²) < 4.78 is 4.12. The van der Waals surface area contributed by atoms with Crippen LogP contribution < -0.4 is 10.3 Å². The Morgan fingerprint density at radius 3 is 2.84 bits per heavy atom. The number of nitrogen functional groups attached to an aromatic ring is 1. The minimum absolute atomic E-state index is 0.0624. The standard InChI is InChI=1S/C26H40N5O/c1-17(11-14-31-16-30(6)24-22(31)23(27)28-15-29-24)9-12-25(4)18(2)10-13-26(5)19(3)20(32)7-8-21(25)26/h11,15-16,18,20-21,32H,3,7-10,12-14H2,1-2,4-6H3,(H2,27,28,29)/q+1/b17-11+/t18-,20+,21-,25+,26-/m0/s1. The van der Waals surface area contributed by atoms with Gasteiger partial charge in [0.05, 0.1) is 19.7 Å². The Balaban J connectivity index is 1.50. The normalized spacial score (nSPS) is 33.5. The minimum Gasteiger partial charge on any atom is -0.389 e. The lowest BCUT2D eigenvalue weighted by molar-refractivity contribution is -0.647. The number of anilines is 1. The van der Waals surface area contributed by atoms with Gasteiger partial charge in [-0.05, 0) is 73.7 Å². The fourth-order valence-electron chi connectivity index (χ4n) is 6.62. The molecule has 2 aromatic heterocycles. The molecular weight excluding hydrogens is 398 g/mol. The highest BCUT2D eigenvalue weighted by Crippen LogP contribution is 2.62. The number of rotatable bonds is 5.